The fourth-order valence-electron chi connectivity index (χ4n) is 3.22. The summed E-state index contributed by atoms with van der Waals surface area (Å²) in [7, 11) is 0. The molecule has 4 nitrogen and oxygen atoms in total. The number of nitrogens with zero attached hydrogens (tertiary/aromatic N) is 1. The standard InChI is InChI=1S/C22H26N2O2/c1-5-14-24-21(25)19-8-6-7-9-20(19)23-22(24,4)17-10-12-18(13-11-17)26-15-16(2)3/h5-13,16,23H,1,14-15H2,2-4H3. The fourth-order valence-corrected chi connectivity index (χ4v) is 3.22. The highest BCUT2D eigenvalue weighted by Crippen LogP contribution is 2.38. The highest BCUT2D eigenvalue weighted by molar-refractivity contribution is 6.02. The summed E-state index contributed by atoms with van der Waals surface area (Å²) < 4.78 is 5.78. The van der Waals surface area contributed by atoms with Crippen molar-refractivity contribution in [3.8, 4) is 5.75 Å². The Labute approximate surface area is 155 Å². The number of amides is 1. The van der Waals surface area contributed by atoms with E-state index in [1.807, 2.05) is 60.4 Å². The van der Waals surface area contributed by atoms with Crippen LogP contribution < -0.4 is 10.1 Å². The molecule has 2 aromatic rings. The molecule has 2 aromatic carbocycles. The van der Waals surface area contributed by atoms with Crippen LogP contribution in [-0.4, -0.2) is 24.0 Å². The Morgan fingerprint density at radius 2 is 1.88 bits per heavy atom. The average Bonchev–Trinajstić information content (AvgIpc) is 2.64. The predicted octanol–water partition coefficient (Wildman–Crippen LogP) is 4.65. The molecule has 0 aromatic heterocycles. The first-order chi connectivity index (χ1) is 12.5. The number of benzene rings is 2. The Bertz CT molecular complexity index is 798. The fraction of sp³-hybridized carbons (Fsp3) is 0.318. The van der Waals surface area contributed by atoms with Gasteiger partial charge in [-0.2, -0.15) is 0 Å². The van der Waals surface area contributed by atoms with Gasteiger partial charge in [0.1, 0.15) is 11.4 Å². The molecule has 0 bridgehead atoms. The van der Waals surface area contributed by atoms with E-state index in [0.29, 0.717) is 24.6 Å². The van der Waals surface area contributed by atoms with Crippen molar-refractivity contribution in [2.24, 2.45) is 5.92 Å². The highest BCUT2D eigenvalue weighted by atomic mass is 16.5. The topological polar surface area (TPSA) is 41.6 Å². The first-order valence-electron chi connectivity index (χ1n) is 8.99. The molecule has 3 rings (SSSR count). The van der Waals surface area contributed by atoms with Gasteiger partial charge in [0.2, 0.25) is 0 Å². The van der Waals surface area contributed by atoms with Crippen molar-refractivity contribution in [1.29, 1.82) is 0 Å². The number of fused-ring (bicyclic) bond motifs is 1. The SMILES string of the molecule is C=CCN1C(=O)c2ccccc2NC1(C)c1ccc(OCC(C)C)cc1. The van der Waals surface area contributed by atoms with Gasteiger partial charge in [-0.05, 0) is 42.7 Å². The zero-order valence-corrected chi connectivity index (χ0v) is 15.7. The van der Waals surface area contributed by atoms with Crippen LogP contribution in [0, 0.1) is 5.92 Å². The van der Waals surface area contributed by atoms with Crippen LogP contribution in [-0.2, 0) is 5.66 Å². The van der Waals surface area contributed by atoms with Crippen LogP contribution >= 0.6 is 0 Å². The van der Waals surface area contributed by atoms with Gasteiger partial charge in [-0.3, -0.25) is 4.79 Å². The van der Waals surface area contributed by atoms with Crippen molar-refractivity contribution in [3.63, 3.8) is 0 Å². The second-order valence-electron chi connectivity index (χ2n) is 7.18. The molecule has 1 heterocycles. The lowest BCUT2D eigenvalue weighted by Gasteiger charge is -2.46. The van der Waals surface area contributed by atoms with Crippen LogP contribution in [0.4, 0.5) is 5.69 Å². The van der Waals surface area contributed by atoms with E-state index in [4.69, 9.17) is 4.74 Å². The van der Waals surface area contributed by atoms with Crippen LogP contribution in [0.2, 0.25) is 0 Å². The molecule has 4 heteroatoms. The number of carbonyl (C=O) groups excluding carboxylic acids is 1. The summed E-state index contributed by atoms with van der Waals surface area (Å²) in [6.45, 7) is 11.2. The second-order valence-corrected chi connectivity index (χ2v) is 7.18. The predicted molar refractivity (Wildman–Crippen MR) is 105 cm³/mol. The van der Waals surface area contributed by atoms with Gasteiger partial charge < -0.3 is 15.0 Å². The molecule has 0 aliphatic carbocycles. The summed E-state index contributed by atoms with van der Waals surface area (Å²) in [6.07, 6.45) is 1.76. The molecule has 0 radical (unpaired) electrons. The molecule has 1 aliphatic rings. The van der Waals surface area contributed by atoms with Crippen molar-refractivity contribution >= 4 is 11.6 Å². The molecule has 136 valence electrons. The third kappa shape index (κ3) is 3.32. The Balaban J connectivity index is 1.95. The molecule has 1 atom stereocenters. The van der Waals surface area contributed by atoms with E-state index < -0.39 is 5.66 Å². The van der Waals surface area contributed by atoms with Gasteiger partial charge in [0, 0.05) is 12.2 Å². The molecule has 1 aliphatic heterocycles. The van der Waals surface area contributed by atoms with E-state index in [1.165, 1.54) is 0 Å². The van der Waals surface area contributed by atoms with Crippen molar-refractivity contribution in [1.82, 2.24) is 4.90 Å². The van der Waals surface area contributed by atoms with Gasteiger partial charge in [0.05, 0.1) is 12.2 Å². The van der Waals surface area contributed by atoms with Crippen LogP contribution in [0.25, 0.3) is 0 Å². The van der Waals surface area contributed by atoms with Crippen molar-refractivity contribution in [2.45, 2.75) is 26.4 Å². The first kappa shape index (κ1) is 18.1. The second kappa shape index (κ2) is 7.24. The van der Waals surface area contributed by atoms with Gasteiger partial charge in [0.25, 0.3) is 5.91 Å². The maximum atomic E-state index is 13.1. The van der Waals surface area contributed by atoms with E-state index in [0.717, 1.165) is 17.0 Å². The smallest absolute Gasteiger partial charge is 0.258 e. The summed E-state index contributed by atoms with van der Waals surface area (Å²) in [5.74, 6) is 1.31. The zero-order valence-electron chi connectivity index (χ0n) is 15.7. The minimum atomic E-state index is -0.657. The molecular weight excluding hydrogens is 324 g/mol. The number of nitrogens with one attached hydrogen (secondary N) is 1. The van der Waals surface area contributed by atoms with Crippen LogP contribution in [0.1, 0.15) is 36.7 Å². The lowest BCUT2D eigenvalue weighted by molar-refractivity contribution is 0.0572. The molecular formula is C22H26N2O2. The number of para-hydroxylation sites is 1. The zero-order chi connectivity index (χ0) is 18.7. The monoisotopic (exact) mass is 350 g/mol. The summed E-state index contributed by atoms with van der Waals surface area (Å²) in [5.41, 5.74) is 1.87. The largest absolute Gasteiger partial charge is 0.493 e. The normalized spacial score (nSPS) is 19.1. The van der Waals surface area contributed by atoms with E-state index >= 15 is 0 Å². The average molecular weight is 350 g/mol. The van der Waals surface area contributed by atoms with Crippen LogP contribution in [0.5, 0.6) is 5.75 Å². The third-order valence-electron chi connectivity index (χ3n) is 4.63. The molecule has 0 fully saturated rings. The Morgan fingerprint density at radius 1 is 1.19 bits per heavy atom. The van der Waals surface area contributed by atoms with Gasteiger partial charge in [-0.15, -0.1) is 6.58 Å². The van der Waals surface area contributed by atoms with Crippen molar-refractivity contribution in [3.05, 3.63) is 72.3 Å². The maximum Gasteiger partial charge on any atom is 0.258 e. The third-order valence-corrected chi connectivity index (χ3v) is 4.63. The summed E-state index contributed by atoms with van der Waals surface area (Å²) in [6, 6.07) is 15.6. The number of carbonyl (C=O) groups is 1. The molecule has 1 unspecified atom stereocenters. The number of anilines is 1. The minimum Gasteiger partial charge on any atom is -0.493 e. The summed E-state index contributed by atoms with van der Waals surface area (Å²) >= 11 is 0. The number of rotatable bonds is 6. The Morgan fingerprint density at radius 3 is 2.54 bits per heavy atom. The lowest BCUT2D eigenvalue weighted by atomic mass is 9.93. The van der Waals surface area contributed by atoms with Crippen LogP contribution in [0.3, 0.4) is 0 Å². The van der Waals surface area contributed by atoms with Crippen molar-refractivity contribution < 1.29 is 9.53 Å². The number of hydrogen-bond acceptors (Lipinski definition) is 3. The lowest BCUT2D eigenvalue weighted by Crippen LogP contribution is -2.55. The van der Waals surface area contributed by atoms with Crippen molar-refractivity contribution in [2.75, 3.05) is 18.5 Å². The van der Waals surface area contributed by atoms with E-state index in [-0.39, 0.29) is 5.91 Å². The maximum absolute atomic E-state index is 13.1. The van der Waals surface area contributed by atoms with Gasteiger partial charge in [0.15, 0.2) is 0 Å². The Kier molecular flexibility index (Phi) is 5.03. The molecule has 0 saturated carbocycles. The molecule has 0 spiro atoms. The molecule has 1 amide bonds. The molecule has 26 heavy (non-hydrogen) atoms. The quantitative estimate of drug-likeness (QED) is 0.771. The number of ether oxygens (including phenoxy) is 1. The Hall–Kier alpha value is -2.75. The molecule has 0 saturated heterocycles. The van der Waals surface area contributed by atoms with E-state index in [2.05, 4.69) is 25.7 Å². The van der Waals surface area contributed by atoms with E-state index in [9.17, 15) is 4.79 Å². The molecule has 1 N–H and O–H groups in total. The van der Waals surface area contributed by atoms with E-state index in [1.54, 1.807) is 6.08 Å². The van der Waals surface area contributed by atoms with Gasteiger partial charge >= 0.3 is 0 Å². The van der Waals surface area contributed by atoms with Gasteiger partial charge in [-0.1, -0.05) is 44.2 Å². The van der Waals surface area contributed by atoms with Gasteiger partial charge in [-0.25, -0.2) is 0 Å². The summed E-state index contributed by atoms with van der Waals surface area (Å²) in [5, 5.41) is 3.54. The highest BCUT2D eigenvalue weighted by Gasteiger charge is 2.41. The minimum absolute atomic E-state index is 0.00174. The number of hydrogen-bond donors (Lipinski definition) is 1. The van der Waals surface area contributed by atoms with Crippen LogP contribution in [0.15, 0.2) is 61.2 Å². The first-order valence-corrected chi connectivity index (χ1v) is 8.99. The summed E-state index contributed by atoms with van der Waals surface area (Å²) in [4.78, 5) is 14.9.